The third kappa shape index (κ3) is 5.04. The van der Waals surface area contributed by atoms with Crippen LogP contribution in [0.4, 0.5) is 0 Å². The van der Waals surface area contributed by atoms with Gasteiger partial charge in [-0.05, 0) is 44.0 Å². The first-order chi connectivity index (χ1) is 11.1. The Labute approximate surface area is 135 Å². The van der Waals surface area contributed by atoms with E-state index in [0.717, 1.165) is 11.4 Å². The van der Waals surface area contributed by atoms with Gasteiger partial charge >= 0.3 is 0 Å². The Bertz CT molecular complexity index is 801. The summed E-state index contributed by atoms with van der Waals surface area (Å²) in [6.07, 6.45) is 0. The number of aromatic nitrogens is 2. The zero-order valence-corrected chi connectivity index (χ0v) is 13.3. The molecule has 0 aliphatic carbocycles. The first kappa shape index (κ1) is 16.4. The molecule has 0 radical (unpaired) electrons. The monoisotopic (exact) mass is 307 g/mol. The van der Waals surface area contributed by atoms with Crippen molar-refractivity contribution in [2.24, 2.45) is 5.16 Å². The van der Waals surface area contributed by atoms with Crippen LogP contribution in [0.2, 0.25) is 0 Å². The molecule has 0 saturated carbocycles. The van der Waals surface area contributed by atoms with Crippen LogP contribution in [0.15, 0.2) is 41.6 Å². The van der Waals surface area contributed by atoms with Gasteiger partial charge in [-0.2, -0.15) is 0 Å². The summed E-state index contributed by atoms with van der Waals surface area (Å²) < 4.78 is 0. The van der Waals surface area contributed by atoms with E-state index in [1.807, 2.05) is 32.0 Å². The number of nitrogens with zero attached hydrogens (tertiary/aromatic N) is 3. The molecule has 0 aromatic carbocycles. The van der Waals surface area contributed by atoms with Gasteiger partial charge in [-0.25, -0.2) is 4.98 Å². The first-order valence-corrected chi connectivity index (χ1v) is 7.13. The van der Waals surface area contributed by atoms with Crippen molar-refractivity contribution >= 4 is 11.5 Å². The molecule has 5 heteroatoms. The fraction of sp³-hybridized carbons (Fsp3) is 0.222. The third-order valence-corrected chi connectivity index (χ3v) is 2.92. The minimum Gasteiger partial charge on any atom is -0.382 e. The van der Waals surface area contributed by atoms with E-state index in [2.05, 4.69) is 27.0 Å². The number of hydrogen-bond acceptors (Lipinski definition) is 5. The number of carbonyl (C=O) groups excluding carboxylic acids is 1. The van der Waals surface area contributed by atoms with Crippen LogP contribution < -0.4 is 0 Å². The molecule has 0 spiro atoms. The van der Waals surface area contributed by atoms with Crippen LogP contribution in [-0.2, 0) is 4.84 Å². The number of pyridine rings is 2. The molecule has 0 aliphatic heterocycles. The number of carbonyl (C=O) groups is 1. The largest absolute Gasteiger partial charge is 0.382 e. The molecule has 2 rings (SSSR count). The van der Waals surface area contributed by atoms with Crippen LogP contribution in [-0.4, -0.2) is 28.1 Å². The molecule has 23 heavy (non-hydrogen) atoms. The average molecular weight is 307 g/mol. The van der Waals surface area contributed by atoms with Gasteiger partial charge in [0.1, 0.15) is 17.1 Å². The Morgan fingerprint density at radius 2 is 1.87 bits per heavy atom. The minimum absolute atomic E-state index is 0.0872. The van der Waals surface area contributed by atoms with E-state index in [-0.39, 0.29) is 12.4 Å². The zero-order chi connectivity index (χ0) is 16.7. The molecule has 0 fully saturated rings. The molecule has 0 saturated heterocycles. The maximum absolute atomic E-state index is 11.2. The van der Waals surface area contributed by atoms with Crippen molar-refractivity contribution in [2.45, 2.75) is 20.8 Å². The number of Topliss-reactive ketones (excluding diaryl/α,β-unsaturated/α-hetero) is 1. The molecule has 0 atom stereocenters. The molecule has 0 N–H and O–H groups in total. The van der Waals surface area contributed by atoms with Gasteiger partial charge in [0.2, 0.25) is 0 Å². The van der Waals surface area contributed by atoms with Crippen molar-refractivity contribution in [3.8, 4) is 11.8 Å². The van der Waals surface area contributed by atoms with E-state index < -0.39 is 0 Å². The van der Waals surface area contributed by atoms with Gasteiger partial charge in [0, 0.05) is 12.6 Å². The molecule has 0 bridgehead atoms. The van der Waals surface area contributed by atoms with Crippen LogP contribution in [0.1, 0.15) is 41.4 Å². The number of ketones is 1. The number of hydrogen-bond donors (Lipinski definition) is 0. The molecule has 2 heterocycles. The molecule has 116 valence electrons. The summed E-state index contributed by atoms with van der Waals surface area (Å²) in [5.41, 5.74) is 3.31. The van der Waals surface area contributed by atoms with Gasteiger partial charge in [0.05, 0.1) is 5.69 Å². The summed E-state index contributed by atoms with van der Waals surface area (Å²) in [5, 5.41) is 3.99. The van der Waals surface area contributed by atoms with Crippen molar-refractivity contribution in [3.05, 3.63) is 59.2 Å². The lowest BCUT2D eigenvalue weighted by molar-refractivity contribution is 0.101. The summed E-state index contributed by atoms with van der Waals surface area (Å²) in [7, 11) is 0. The zero-order valence-electron chi connectivity index (χ0n) is 13.3. The summed E-state index contributed by atoms with van der Waals surface area (Å²) in [5.74, 6) is 5.56. The summed E-state index contributed by atoms with van der Waals surface area (Å²) in [6.45, 7) is 5.35. The van der Waals surface area contributed by atoms with E-state index in [0.29, 0.717) is 17.1 Å². The molecule has 0 amide bonds. The van der Waals surface area contributed by atoms with Gasteiger partial charge in [0.25, 0.3) is 0 Å². The van der Waals surface area contributed by atoms with E-state index in [1.54, 1.807) is 18.2 Å². The second kappa shape index (κ2) is 7.85. The minimum atomic E-state index is -0.0872. The Kier molecular flexibility index (Phi) is 5.59. The van der Waals surface area contributed by atoms with E-state index in [9.17, 15) is 4.79 Å². The highest BCUT2D eigenvalue weighted by atomic mass is 16.6. The summed E-state index contributed by atoms with van der Waals surface area (Å²) >= 11 is 0. The highest BCUT2D eigenvalue weighted by Crippen LogP contribution is 2.01. The van der Waals surface area contributed by atoms with Crippen LogP contribution in [0, 0.1) is 18.8 Å². The lowest BCUT2D eigenvalue weighted by Gasteiger charge is -2.00. The van der Waals surface area contributed by atoms with Crippen molar-refractivity contribution in [3.63, 3.8) is 0 Å². The first-order valence-electron chi connectivity index (χ1n) is 7.13. The number of oxime groups is 1. The smallest absolute Gasteiger partial charge is 0.178 e. The SMILES string of the molecule is CC(=O)c1cccc(C#CCO/N=C(/C)c2cccc(C)n2)n1. The predicted octanol–water partition coefficient (Wildman–Crippen LogP) is 2.78. The van der Waals surface area contributed by atoms with Gasteiger partial charge in [0.15, 0.2) is 12.4 Å². The second-order valence-corrected chi connectivity index (χ2v) is 4.88. The van der Waals surface area contributed by atoms with E-state index >= 15 is 0 Å². The Morgan fingerprint density at radius 1 is 1.13 bits per heavy atom. The molecule has 5 nitrogen and oxygen atoms in total. The summed E-state index contributed by atoms with van der Waals surface area (Å²) in [4.78, 5) is 24.9. The molecular weight excluding hydrogens is 290 g/mol. The highest BCUT2D eigenvalue weighted by molar-refractivity contribution is 5.96. The standard InChI is InChI=1S/C18H17N3O2/c1-13-7-4-10-17(19-13)14(2)21-23-12-6-9-16-8-5-11-18(20-16)15(3)22/h4-5,7-8,10-11H,12H2,1-3H3/b21-14-. The Hall–Kier alpha value is -3.00. The Morgan fingerprint density at radius 3 is 2.61 bits per heavy atom. The lowest BCUT2D eigenvalue weighted by Crippen LogP contribution is -2.01. The van der Waals surface area contributed by atoms with Crippen LogP contribution in [0.3, 0.4) is 0 Å². The molecule has 2 aromatic heterocycles. The molecule has 0 aliphatic rings. The van der Waals surface area contributed by atoms with Gasteiger partial charge in [-0.15, -0.1) is 0 Å². The quantitative estimate of drug-likeness (QED) is 0.286. The van der Waals surface area contributed by atoms with E-state index in [4.69, 9.17) is 4.84 Å². The Balaban J connectivity index is 1.94. The van der Waals surface area contributed by atoms with Crippen molar-refractivity contribution < 1.29 is 9.63 Å². The lowest BCUT2D eigenvalue weighted by atomic mass is 10.2. The summed E-state index contributed by atoms with van der Waals surface area (Å²) in [6, 6.07) is 10.9. The van der Waals surface area contributed by atoms with Crippen molar-refractivity contribution in [2.75, 3.05) is 6.61 Å². The number of rotatable bonds is 4. The van der Waals surface area contributed by atoms with Gasteiger partial charge < -0.3 is 4.84 Å². The fourth-order valence-electron chi connectivity index (χ4n) is 1.78. The normalized spacial score (nSPS) is 10.7. The van der Waals surface area contributed by atoms with Crippen molar-refractivity contribution in [1.82, 2.24) is 9.97 Å². The average Bonchev–Trinajstić information content (AvgIpc) is 2.54. The molecule has 0 unspecified atom stereocenters. The molecule has 2 aromatic rings. The van der Waals surface area contributed by atoms with Gasteiger partial charge in [-0.1, -0.05) is 23.2 Å². The second-order valence-electron chi connectivity index (χ2n) is 4.88. The fourth-order valence-corrected chi connectivity index (χ4v) is 1.78. The third-order valence-electron chi connectivity index (χ3n) is 2.92. The topological polar surface area (TPSA) is 64.4 Å². The molecular formula is C18H17N3O2. The van der Waals surface area contributed by atoms with Crippen LogP contribution in [0.5, 0.6) is 0 Å². The maximum Gasteiger partial charge on any atom is 0.178 e. The van der Waals surface area contributed by atoms with Crippen LogP contribution in [0.25, 0.3) is 0 Å². The van der Waals surface area contributed by atoms with E-state index in [1.165, 1.54) is 6.92 Å². The highest BCUT2D eigenvalue weighted by Gasteiger charge is 2.00. The maximum atomic E-state index is 11.2. The van der Waals surface area contributed by atoms with Gasteiger partial charge in [-0.3, -0.25) is 9.78 Å². The van der Waals surface area contributed by atoms with Crippen molar-refractivity contribution in [1.29, 1.82) is 0 Å². The predicted molar refractivity (Wildman–Crippen MR) is 88.3 cm³/mol. The van der Waals surface area contributed by atoms with Crippen LogP contribution >= 0.6 is 0 Å². The number of aryl methyl sites for hydroxylation is 1.